The molecular formula is C13H17N2S+. The van der Waals surface area contributed by atoms with E-state index < -0.39 is 0 Å². The summed E-state index contributed by atoms with van der Waals surface area (Å²) in [4.78, 5) is 3.94. The highest BCUT2D eigenvalue weighted by Crippen LogP contribution is 2.18. The first-order valence-electron chi connectivity index (χ1n) is 5.72. The predicted octanol–water partition coefficient (Wildman–Crippen LogP) is 2.81. The van der Waals surface area contributed by atoms with Crippen LogP contribution in [0.4, 0.5) is 5.69 Å². The fourth-order valence-corrected chi connectivity index (χ4v) is 2.22. The van der Waals surface area contributed by atoms with Gasteiger partial charge in [-0.3, -0.25) is 0 Å². The van der Waals surface area contributed by atoms with E-state index in [0.29, 0.717) is 0 Å². The van der Waals surface area contributed by atoms with Crippen LogP contribution in [0.5, 0.6) is 0 Å². The number of hydrogen-bond donors (Lipinski definition) is 0. The third-order valence-corrected chi connectivity index (χ3v) is 3.54. The van der Waals surface area contributed by atoms with Gasteiger partial charge in [0.1, 0.15) is 0 Å². The molecule has 1 aliphatic heterocycles. The molecule has 1 aromatic carbocycles. The molecule has 0 aromatic heterocycles. The van der Waals surface area contributed by atoms with Crippen molar-refractivity contribution in [2.75, 3.05) is 26.7 Å². The van der Waals surface area contributed by atoms with E-state index in [1.165, 1.54) is 36.1 Å². The van der Waals surface area contributed by atoms with Crippen LogP contribution < -0.4 is 0 Å². The van der Waals surface area contributed by atoms with Crippen LogP contribution in [0.25, 0.3) is 0 Å². The van der Waals surface area contributed by atoms with E-state index in [1.54, 1.807) is 0 Å². The summed E-state index contributed by atoms with van der Waals surface area (Å²) in [5, 5.41) is 2.38. The van der Waals surface area contributed by atoms with Gasteiger partial charge in [-0.2, -0.15) is 4.99 Å². The van der Waals surface area contributed by atoms with E-state index in [1.807, 2.05) is 12.1 Å². The number of nitrogens with zero attached hydrogens (tertiary/aromatic N) is 2. The molecule has 1 aliphatic rings. The molecule has 0 saturated carbocycles. The molecular weight excluding hydrogens is 216 g/mol. The average Bonchev–Trinajstić information content (AvgIpc) is 2.26. The minimum atomic E-state index is 0.892. The van der Waals surface area contributed by atoms with Gasteiger partial charge in [-0.05, 0) is 29.9 Å². The summed E-state index contributed by atoms with van der Waals surface area (Å²) in [6.45, 7) is 3.93. The zero-order chi connectivity index (χ0) is 11.4. The van der Waals surface area contributed by atoms with Crippen molar-refractivity contribution in [3.63, 3.8) is 0 Å². The molecule has 3 heteroatoms. The van der Waals surface area contributed by atoms with Crippen molar-refractivity contribution >= 4 is 23.1 Å². The molecule has 0 N–H and O–H groups in total. The first-order valence-corrected chi connectivity index (χ1v) is 6.13. The van der Waals surface area contributed by atoms with Gasteiger partial charge >= 0.3 is 0 Å². The van der Waals surface area contributed by atoms with Gasteiger partial charge < -0.3 is 4.48 Å². The minimum absolute atomic E-state index is 0.892. The van der Waals surface area contributed by atoms with Crippen LogP contribution in [0.15, 0.2) is 29.3 Å². The Kier molecular flexibility index (Phi) is 3.49. The maximum Gasteiger partial charge on any atom is 0.0839 e. The summed E-state index contributed by atoms with van der Waals surface area (Å²) in [7, 11) is 2.34. The van der Waals surface area contributed by atoms with Crippen LogP contribution in [-0.4, -0.2) is 36.3 Å². The molecule has 16 heavy (non-hydrogen) atoms. The summed E-state index contributed by atoms with van der Waals surface area (Å²) >= 11 is 4.57. The summed E-state index contributed by atoms with van der Waals surface area (Å²) in [6.07, 6.45) is 2.54. The number of quaternary nitrogens is 1. The van der Waals surface area contributed by atoms with E-state index >= 15 is 0 Å². The Hall–Kier alpha value is -1.02. The SMILES string of the molecule is C[N+]1(CCc2ccc(N=C=S)cc2)CCC1. The Labute approximate surface area is 102 Å². The summed E-state index contributed by atoms with van der Waals surface area (Å²) in [5.41, 5.74) is 2.28. The van der Waals surface area contributed by atoms with E-state index in [9.17, 15) is 0 Å². The molecule has 2 rings (SSSR count). The van der Waals surface area contributed by atoms with Crippen LogP contribution in [0.2, 0.25) is 0 Å². The summed E-state index contributed by atoms with van der Waals surface area (Å²) in [6, 6.07) is 8.28. The van der Waals surface area contributed by atoms with Crippen LogP contribution >= 0.6 is 12.2 Å². The third-order valence-electron chi connectivity index (χ3n) is 3.45. The number of isothiocyanates is 1. The van der Waals surface area contributed by atoms with Gasteiger partial charge in [0.05, 0.1) is 37.5 Å². The molecule has 0 radical (unpaired) electrons. The minimum Gasteiger partial charge on any atom is -0.325 e. The molecule has 0 aliphatic carbocycles. The fourth-order valence-electron chi connectivity index (χ4n) is 2.11. The zero-order valence-corrected chi connectivity index (χ0v) is 10.5. The lowest BCUT2D eigenvalue weighted by Gasteiger charge is -2.42. The van der Waals surface area contributed by atoms with Gasteiger partial charge in [0.2, 0.25) is 0 Å². The quantitative estimate of drug-likeness (QED) is 0.442. The molecule has 0 spiro atoms. The predicted molar refractivity (Wildman–Crippen MR) is 70.2 cm³/mol. The number of likely N-dealkylation sites (tertiary alicyclic amines) is 1. The topological polar surface area (TPSA) is 12.4 Å². The number of benzene rings is 1. The van der Waals surface area contributed by atoms with Gasteiger partial charge in [0, 0.05) is 12.8 Å². The lowest BCUT2D eigenvalue weighted by atomic mass is 10.1. The highest BCUT2D eigenvalue weighted by molar-refractivity contribution is 7.78. The van der Waals surface area contributed by atoms with Crippen molar-refractivity contribution in [1.82, 2.24) is 0 Å². The number of rotatable bonds is 4. The van der Waals surface area contributed by atoms with E-state index in [0.717, 1.165) is 12.1 Å². The van der Waals surface area contributed by atoms with Crippen molar-refractivity contribution in [1.29, 1.82) is 0 Å². The molecule has 1 heterocycles. The Bertz CT molecular complexity index is 400. The highest BCUT2D eigenvalue weighted by atomic mass is 32.1. The zero-order valence-electron chi connectivity index (χ0n) is 9.65. The van der Waals surface area contributed by atoms with Crippen LogP contribution in [0.1, 0.15) is 12.0 Å². The van der Waals surface area contributed by atoms with Crippen molar-refractivity contribution in [2.45, 2.75) is 12.8 Å². The number of likely N-dealkylation sites (N-methyl/N-ethyl adjacent to an activating group) is 1. The van der Waals surface area contributed by atoms with Crippen LogP contribution in [0, 0.1) is 0 Å². The monoisotopic (exact) mass is 233 g/mol. The maximum atomic E-state index is 4.57. The Morgan fingerprint density at radius 1 is 1.31 bits per heavy atom. The molecule has 1 saturated heterocycles. The number of hydrogen-bond acceptors (Lipinski definition) is 2. The highest BCUT2D eigenvalue weighted by Gasteiger charge is 2.29. The standard InChI is InChI=1S/C13H17N2S/c1-15(8-2-9-15)10-7-12-3-5-13(6-4-12)14-11-16/h3-6H,2,7-10H2,1H3/q+1. The van der Waals surface area contributed by atoms with Crippen LogP contribution in [0.3, 0.4) is 0 Å². The second-order valence-corrected chi connectivity index (χ2v) is 4.95. The largest absolute Gasteiger partial charge is 0.325 e. The molecule has 0 amide bonds. The average molecular weight is 233 g/mol. The second kappa shape index (κ2) is 4.88. The van der Waals surface area contributed by atoms with Gasteiger partial charge in [0.15, 0.2) is 0 Å². The normalized spacial score (nSPS) is 17.3. The molecule has 2 nitrogen and oxygen atoms in total. The smallest absolute Gasteiger partial charge is 0.0839 e. The Balaban J connectivity index is 1.92. The van der Waals surface area contributed by atoms with Gasteiger partial charge in [-0.25, -0.2) is 0 Å². The lowest BCUT2D eigenvalue weighted by Crippen LogP contribution is -2.55. The van der Waals surface area contributed by atoms with E-state index in [2.05, 4.69) is 41.6 Å². The number of aliphatic imine (C=N–C) groups is 1. The molecule has 0 unspecified atom stereocenters. The Morgan fingerprint density at radius 2 is 2.00 bits per heavy atom. The second-order valence-electron chi connectivity index (χ2n) is 4.76. The van der Waals surface area contributed by atoms with E-state index in [-0.39, 0.29) is 0 Å². The van der Waals surface area contributed by atoms with Crippen LogP contribution in [-0.2, 0) is 6.42 Å². The lowest BCUT2D eigenvalue weighted by molar-refractivity contribution is -0.945. The molecule has 1 aromatic rings. The summed E-state index contributed by atoms with van der Waals surface area (Å²) < 4.78 is 1.24. The fraction of sp³-hybridized carbons (Fsp3) is 0.462. The first kappa shape index (κ1) is 11.5. The van der Waals surface area contributed by atoms with Crippen molar-refractivity contribution < 1.29 is 4.48 Å². The Morgan fingerprint density at radius 3 is 2.50 bits per heavy atom. The number of thiocarbonyl (C=S) groups is 1. The van der Waals surface area contributed by atoms with Crippen molar-refractivity contribution in [2.24, 2.45) is 4.99 Å². The summed E-state index contributed by atoms with van der Waals surface area (Å²) in [5.74, 6) is 0. The van der Waals surface area contributed by atoms with Crippen molar-refractivity contribution in [3.05, 3.63) is 29.8 Å². The maximum absolute atomic E-state index is 4.57. The third kappa shape index (κ3) is 2.76. The molecule has 1 fully saturated rings. The molecule has 84 valence electrons. The van der Waals surface area contributed by atoms with E-state index in [4.69, 9.17) is 0 Å². The van der Waals surface area contributed by atoms with Crippen molar-refractivity contribution in [3.8, 4) is 0 Å². The molecule has 0 bridgehead atoms. The first-order chi connectivity index (χ1) is 7.72. The van der Waals surface area contributed by atoms with Gasteiger partial charge in [-0.1, -0.05) is 12.1 Å². The molecule has 0 atom stereocenters. The van der Waals surface area contributed by atoms with Gasteiger partial charge in [0.25, 0.3) is 0 Å². The van der Waals surface area contributed by atoms with Gasteiger partial charge in [-0.15, -0.1) is 0 Å².